The molecule has 3 rings (SSSR count). The maximum Gasteiger partial charge on any atom is 0.255 e. The van der Waals surface area contributed by atoms with Gasteiger partial charge in [-0.1, -0.05) is 0 Å². The van der Waals surface area contributed by atoms with E-state index in [-0.39, 0.29) is 19.2 Å². The van der Waals surface area contributed by atoms with Crippen LogP contribution in [-0.2, 0) is 4.74 Å². The molecule has 1 unspecified atom stereocenters. The van der Waals surface area contributed by atoms with Gasteiger partial charge >= 0.3 is 0 Å². The number of amides is 1. The Morgan fingerprint density at radius 2 is 2.13 bits per heavy atom. The summed E-state index contributed by atoms with van der Waals surface area (Å²) in [7, 11) is 1.41. The van der Waals surface area contributed by atoms with Crippen molar-refractivity contribution in [2.75, 3.05) is 25.6 Å². The summed E-state index contributed by atoms with van der Waals surface area (Å²) in [6, 6.07) is 7.48. The molecular formula is C21H23FN6O2. The third-order valence-electron chi connectivity index (χ3n) is 4.31. The molecule has 0 aliphatic heterocycles. The molecule has 156 valence electrons. The van der Waals surface area contributed by atoms with Crippen molar-refractivity contribution in [2.24, 2.45) is 0 Å². The van der Waals surface area contributed by atoms with Gasteiger partial charge in [-0.05, 0) is 26.0 Å². The SMILES string of the molecule is COCC(F)CNC(=O)c1cnc(-n2ccc3cc(C#N)cnc32)cc1NC(C)C. The molecule has 9 heteroatoms. The highest BCUT2D eigenvalue weighted by Crippen LogP contribution is 2.23. The van der Waals surface area contributed by atoms with E-state index in [0.29, 0.717) is 28.3 Å². The fourth-order valence-corrected chi connectivity index (χ4v) is 3.00. The number of aromatic nitrogens is 3. The molecule has 0 saturated carbocycles. The molecule has 8 nitrogen and oxygen atoms in total. The second kappa shape index (κ2) is 9.33. The quantitative estimate of drug-likeness (QED) is 0.592. The van der Waals surface area contributed by atoms with E-state index in [2.05, 4.69) is 26.7 Å². The molecule has 3 heterocycles. The summed E-state index contributed by atoms with van der Waals surface area (Å²) < 4.78 is 20.2. The number of halogens is 1. The summed E-state index contributed by atoms with van der Waals surface area (Å²) in [6.45, 7) is 3.67. The topological polar surface area (TPSA) is 105 Å². The molecular weight excluding hydrogens is 387 g/mol. The predicted molar refractivity (Wildman–Crippen MR) is 111 cm³/mol. The van der Waals surface area contributed by atoms with Crippen molar-refractivity contribution in [2.45, 2.75) is 26.1 Å². The minimum atomic E-state index is -1.29. The number of nitrogens with zero attached hydrogens (tertiary/aromatic N) is 4. The molecule has 1 amide bonds. The van der Waals surface area contributed by atoms with Crippen molar-refractivity contribution >= 4 is 22.6 Å². The second-order valence-corrected chi connectivity index (χ2v) is 7.08. The number of anilines is 1. The standard InChI is InChI=1S/C21H23FN6O2/c1-13(2)27-18-7-19(24-11-17(18)21(29)26-10-16(22)12-30-3)28-5-4-15-6-14(8-23)9-25-20(15)28/h4-7,9,11,13,16H,10,12H2,1-3H3,(H,24,27)(H,26,29). The monoisotopic (exact) mass is 410 g/mol. The number of pyridine rings is 2. The van der Waals surface area contributed by atoms with Crippen LogP contribution in [0.3, 0.4) is 0 Å². The summed E-state index contributed by atoms with van der Waals surface area (Å²) in [5, 5.41) is 15.7. The van der Waals surface area contributed by atoms with Crippen molar-refractivity contribution < 1.29 is 13.9 Å². The lowest BCUT2D eigenvalue weighted by Gasteiger charge is -2.16. The van der Waals surface area contributed by atoms with Gasteiger partial charge in [-0.25, -0.2) is 14.4 Å². The second-order valence-electron chi connectivity index (χ2n) is 7.08. The van der Waals surface area contributed by atoms with Crippen molar-refractivity contribution in [3.05, 3.63) is 47.9 Å². The summed E-state index contributed by atoms with van der Waals surface area (Å²) in [4.78, 5) is 21.3. The Morgan fingerprint density at radius 1 is 1.33 bits per heavy atom. The number of carbonyl (C=O) groups is 1. The molecule has 0 aliphatic rings. The molecule has 1 atom stereocenters. The highest BCUT2D eigenvalue weighted by molar-refractivity contribution is 5.99. The number of hydrogen-bond acceptors (Lipinski definition) is 6. The van der Waals surface area contributed by atoms with Crippen LogP contribution in [0.4, 0.5) is 10.1 Å². The lowest BCUT2D eigenvalue weighted by molar-refractivity contribution is 0.0902. The van der Waals surface area contributed by atoms with E-state index in [9.17, 15) is 9.18 Å². The lowest BCUT2D eigenvalue weighted by atomic mass is 10.2. The highest BCUT2D eigenvalue weighted by atomic mass is 19.1. The van der Waals surface area contributed by atoms with E-state index < -0.39 is 12.1 Å². The molecule has 30 heavy (non-hydrogen) atoms. The van der Waals surface area contributed by atoms with Crippen LogP contribution in [0.25, 0.3) is 16.9 Å². The number of carbonyl (C=O) groups excluding carboxylic acids is 1. The van der Waals surface area contributed by atoms with Crippen molar-refractivity contribution in [1.82, 2.24) is 19.9 Å². The van der Waals surface area contributed by atoms with Gasteiger partial charge in [-0.2, -0.15) is 5.26 Å². The van der Waals surface area contributed by atoms with Crippen molar-refractivity contribution in [1.29, 1.82) is 5.26 Å². The molecule has 0 aliphatic carbocycles. The van der Waals surface area contributed by atoms with Gasteiger partial charge < -0.3 is 15.4 Å². The number of alkyl halides is 1. The van der Waals surface area contributed by atoms with Crippen LogP contribution in [0.5, 0.6) is 0 Å². The summed E-state index contributed by atoms with van der Waals surface area (Å²) in [6.07, 6.45) is 3.47. The van der Waals surface area contributed by atoms with Crippen LogP contribution in [0.15, 0.2) is 36.8 Å². The molecule has 0 fully saturated rings. The lowest BCUT2D eigenvalue weighted by Crippen LogP contribution is -2.33. The third-order valence-corrected chi connectivity index (χ3v) is 4.31. The normalized spacial score (nSPS) is 12.0. The van der Waals surface area contributed by atoms with E-state index in [4.69, 9.17) is 10.00 Å². The Morgan fingerprint density at radius 3 is 2.83 bits per heavy atom. The number of hydrogen-bond donors (Lipinski definition) is 2. The largest absolute Gasteiger partial charge is 0.382 e. The van der Waals surface area contributed by atoms with Gasteiger partial charge in [0.25, 0.3) is 5.91 Å². The summed E-state index contributed by atoms with van der Waals surface area (Å²) in [5.41, 5.74) is 2.01. The van der Waals surface area contributed by atoms with Crippen LogP contribution < -0.4 is 10.6 Å². The summed E-state index contributed by atoms with van der Waals surface area (Å²) >= 11 is 0. The zero-order valence-corrected chi connectivity index (χ0v) is 17.0. The maximum atomic E-state index is 13.6. The van der Waals surface area contributed by atoms with E-state index in [1.54, 1.807) is 22.9 Å². The number of ether oxygens (including phenoxy) is 1. The predicted octanol–water partition coefficient (Wildman–Crippen LogP) is 2.83. The van der Waals surface area contributed by atoms with Gasteiger partial charge in [0, 0.05) is 43.2 Å². The first-order chi connectivity index (χ1) is 14.4. The van der Waals surface area contributed by atoms with E-state index in [1.165, 1.54) is 19.5 Å². The first kappa shape index (κ1) is 21.2. The van der Waals surface area contributed by atoms with Gasteiger partial charge in [0.15, 0.2) is 0 Å². The molecule has 0 radical (unpaired) electrons. The van der Waals surface area contributed by atoms with Crippen LogP contribution in [-0.4, -0.2) is 52.9 Å². The van der Waals surface area contributed by atoms with Crippen LogP contribution in [0, 0.1) is 11.3 Å². The average molecular weight is 410 g/mol. The smallest absolute Gasteiger partial charge is 0.255 e. The number of rotatable bonds is 8. The Labute approximate surface area is 173 Å². The average Bonchev–Trinajstić information content (AvgIpc) is 3.15. The van der Waals surface area contributed by atoms with E-state index >= 15 is 0 Å². The Hall–Kier alpha value is -3.51. The first-order valence-corrected chi connectivity index (χ1v) is 9.48. The molecule has 3 aromatic heterocycles. The number of methoxy groups -OCH3 is 1. The fourth-order valence-electron chi connectivity index (χ4n) is 3.00. The first-order valence-electron chi connectivity index (χ1n) is 9.48. The Kier molecular flexibility index (Phi) is 6.59. The van der Waals surface area contributed by atoms with Gasteiger partial charge in [0.1, 0.15) is 23.7 Å². The minimum absolute atomic E-state index is 0.0620. The molecule has 3 aromatic rings. The van der Waals surface area contributed by atoms with Crippen LogP contribution in [0.1, 0.15) is 29.8 Å². The van der Waals surface area contributed by atoms with E-state index in [0.717, 1.165) is 5.39 Å². The third kappa shape index (κ3) is 4.72. The van der Waals surface area contributed by atoms with Gasteiger partial charge in [0.05, 0.1) is 30.0 Å². The van der Waals surface area contributed by atoms with Crippen molar-refractivity contribution in [3.8, 4) is 11.9 Å². The number of fused-ring (bicyclic) bond motifs is 1. The minimum Gasteiger partial charge on any atom is -0.382 e. The van der Waals surface area contributed by atoms with E-state index in [1.807, 2.05) is 19.9 Å². The molecule has 2 N–H and O–H groups in total. The Bertz CT molecular complexity index is 1090. The summed E-state index contributed by atoms with van der Waals surface area (Å²) in [5.74, 6) is 0.134. The van der Waals surface area contributed by atoms with Gasteiger partial charge in [-0.15, -0.1) is 0 Å². The molecule has 0 aromatic carbocycles. The van der Waals surface area contributed by atoms with Crippen molar-refractivity contribution in [3.63, 3.8) is 0 Å². The number of nitrogens with one attached hydrogen (secondary N) is 2. The zero-order valence-electron chi connectivity index (χ0n) is 17.0. The zero-order chi connectivity index (χ0) is 21.7. The molecule has 0 saturated heterocycles. The fraction of sp³-hybridized carbons (Fsp3) is 0.333. The molecule has 0 bridgehead atoms. The molecule has 0 spiro atoms. The van der Waals surface area contributed by atoms with Gasteiger partial charge in [0.2, 0.25) is 0 Å². The van der Waals surface area contributed by atoms with Gasteiger partial charge in [-0.3, -0.25) is 9.36 Å². The maximum absolute atomic E-state index is 13.6. The Balaban J connectivity index is 1.93. The van der Waals surface area contributed by atoms with Crippen LogP contribution in [0.2, 0.25) is 0 Å². The highest BCUT2D eigenvalue weighted by Gasteiger charge is 2.17. The van der Waals surface area contributed by atoms with Crippen LogP contribution >= 0.6 is 0 Å². The number of nitriles is 1.